The maximum Gasteiger partial charge on any atom is 0.336 e. The lowest BCUT2D eigenvalue weighted by Gasteiger charge is -2.30. The number of para-hydroxylation sites is 1. The molecule has 2 aromatic carbocycles. The van der Waals surface area contributed by atoms with Gasteiger partial charge in [-0.15, -0.1) is 0 Å². The molecular formula is C28H30N2O4. The second kappa shape index (κ2) is 10.00. The Morgan fingerprint density at radius 2 is 1.41 bits per heavy atom. The van der Waals surface area contributed by atoms with Gasteiger partial charge in [-0.3, -0.25) is 0 Å². The smallest absolute Gasteiger partial charge is 0.336 e. The lowest BCUT2D eigenvalue weighted by molar-refractivity contribution is -0.139. The monoisotopic (exact) mass is 458 g/mol. The summed E-state index contributed by atoms with van der Waals surface area (Å²) in [5, 5.41) is 4.18. The van der Waals surface area contributed by atoms with Crippen LogP contribution in [0.1, 0.15) is 44.7 Å². The molecule has 176 valence electrons. The average molecular weight is 459 g/mol. The number of esters is 2. The van der Waals surface area contributed by atoms with E-state index in [1.54, 1.807) is 13.8 Å². The van der Waals surface area contributed by atoms with E-state index >= 15 is 0 Å². The number of hydrogen-bond acceptors (Lipinski definition) is 5. The van der Waals surface area contributed by atoms with Gasteiger partial charge in [0.25, 0.3) is 0 Å². The summed E-state index contributed by atoms with van der Waals surface area (Å²) in [6.07, 6.45) is 2.05. The first-order valence-corrected chi connectivity index (χ1v) is 11.6. The summed E-state index contributed by atoms with van der Waals surface area (Å²) >= 11 is 0. The predicted octanol–water partition coefficient (Wildman–Crippen LogP) is 5.05. The van der Waals surface area contributed by atoms with Gasteiger partial charge < -0.3 is 19.4 Å². The molecule has 0 saturated heterocycles. The molecule has 6 heteroatoms. The molecule has 3 aromatic rings. The molecule has 4 rings (SSSR count). The van der Waals surface area contributed by atoms with Crippen LogP contribution in [0.15, 0.2) is 83.3 Å². The summed E-state index contributed by atoms with van der Waals surface area (Å²) < 4.78 is 13.0. The van der Waals surface area contributed by atoms with Gasteiger partial charge in [0.05, 0.1) is 30.3 Å². The molecule has 0 radical (unpaired) electrons. The molecule has 0 fully saturated rings. The SMILES string of the molecule is CCOC(=O)C1=C(C)NC(C)=C(C(=O)OCC)C1c1cn(Cc2ccccc2)c2ccccc12. The van der Waals surface area contributed by atoms with Crippen molar-refractivity contribution < 1.29 is 19.1 Å². The van der Waals surface area contributed by atoms with Crippen molar-refractivity contribution in [1.29, 1.82) is 0 Å². The third kappa shape index (κ3) is 4.36. The summed E-state index contributed by atoms with van der Waals surface area (Å²) in [5.41, 5.74) is 5.27. The first-order chi connectivity index (χ1) is 16.5. The van der Waals surface area contributed by atoms with Crippen molar-refractivity contribution in [2.24, 2.45) is 0 Å². The Morgan fingerprint density at radius 3 is 2.00 bits per heavy atom. The van der Waals surface area contributed by atoms with E-state index in [9.17, 15) is 9.59 Å². The van der Waals surface area contributed by atoms with Gasteiger partial charge in [0.2, 0.25) is 0 Å². The van der Waals surface area contributed by atoms with Gasteiger partial charge in [0.15, 0.2) is 0 Å². The first kappa shape index (κ1) is 23.4. The zero-order chi connectivity index (χ0) is 24.2. The van der Waals surface area contributed by atoms with Crippen molar-refractivity contribution in [3.05, 3.63) is 94.5 Å². The Balaban J connectivity index is 1.93. The molecule has 1 aromatic heterocycles. The number of nitrogens with zero attached hydrogens (tertiary/aromatic N) is 1. The fourth-order valence-corrected chi connectivity index (χ4v) is 4.68. The zero-order valence-corrected chi connectivity index (χ0v) is 20.1. The Morgan fingerprint density at radius 1 is 0.853 bits per heavy atom. The van der Waals surface area contributed by atoms with Crippen LogP contribution in [0.2, 0.25) is 0 Å². The largest absolute Gasteiger partial charge is 0.463 e. The number of hydrogen-bond donors (Lipinski definition) is 1. The molecular weight excluding hydrogens is 428 g/mol. The van der Waals surface area contributed by atoms with Crippen LogP contribution in [-0.4, -0.2) is 29.7 Å². The number of fused-ring (bicyclic) bond motifs is 1. The number of dihydropyridines is 1. The van der Waals surface area contributed by atoms with Crippen LogP contribution < -0.4 is 5.32 Å². The number of carbonyl (C=O) groups is 2. The van der Waals surface area contributed by atoms with Crippen molar-refractivity contribution in [2.45, 2.75) is 40.2 Å². The molecule has 0 spiro atoms. The fourth-order valence-electron chi connectivity index (χ4n) is 4.68. The standard InChI is InChI=1S/C28H30N2O4/c1-5-33-27(31)24-18(3)29-19(4)25(28(32)34-6-2)26(24)22-17-30(16-20-12-8-7-9-13-20)23-15-11-10-14-21(22)23/h7-15,17,26,29H,5-6,16H2,1-4H3. The molecule has 1 N–H and O–H groups in total. The van der Waals surface area contributed by atoms with Crippen LogP contribution in [0.25, 0.3) is 10.9 Å². The van der Waals surface area contributed by atoms with Gasteiger partial charge in [0, 0.05) is 35.0 Å². The van der Waals surface area contributed by atoms with E-state index in [0.717, 1.165) is 22.0 Å². The Labute approximate surface area is 199 Å². The highest BCUT2D eigenvalue weighted by molar-refractivity contribution is 6.02. The summed E-state index contributed by atoms with van der Waals surface area (Å²) in [4.78, 5) is 26.3. The van der Waals surface area contributed by atoms with Crippen LogP contribution in [-0.2, 0) is 25.6 Å². The summed E-state index contributed by atoms with van der Waals surface area (Å²) in [6.45, 7) is 8.39. The number of ether oxygens (including phenoxy) is 2. The molecule has 34 heavy (non-hydrogen) atoms. The van der Waals surface area contributed by atoms with Gasteiger partial charge in [-0.2, -0.15) is 0 Å². The maximum atomic E-state index is 13.2. The second-order valence-electron chi connectivity index (χ2n) is 8.29. The van der Waals surface area contributed by atoms with Crippen LogP contribution >= 0.6 is 0 Å². The van der Waals surface area contributed by atoms with E-state index in [1.165, 1.54) is 0 Å². The number of allylic oxidation sites excluding steroid dienone is 2. The van der Waals surface area contributed by atoms with E-state index in [1.807, 2.05) is 56.4 Å². The van der Waals surface area contributed by atoms with Crippen LogP contribution in [0.5, 0.6) is 0 Å². The van der Waals surface area contributed by atoms with Gasteiger partial charge in [0.1, 0.15) is 0 Å². The minimum atomic E-state index is -0.610. The van der Waals surface area contributed by atoms with Gasteiger partial charge in [-0.25, -0.2) is 9.59 Å². The molecule has 0 aliphatic carbocycles. The quantitative estimate of drug-likeness (QED) is 0.502. The third-order valence-corrected chi connectivity index (χ3v) is 6.08. The highest BCUT2D eigenvalue weighted by Crippen LogP contribution is 2.42. The van der Waals surface area contributed by atoms with Crippen molar-refractivity contribution in [3.8, 4) is 0 Å². The van der Waals surface area contributed by atoms with Crippen LogP contribution in [0.3, 0.4) is 0 Å². The average Bonchev–Trinajstić information content (AvgIpc) is 3.17. The number of carbonyl (C=O) groups excluding carboxylic acids is 2. The van der Waals surface area contributed by atoms with Gasteiger partial charge >= 0.3 is 11.9 Å². The van der Waals surface area contributed by atoms with Crippen molar-refractivity contribution in [2.75, 3.05) is 13.2 Å². The molecule has 1 aliphatic heterocycles. The lowest BCUT2D eigenvalue weighted by atomic mass is 9.80. The Kier molecular flexibility index (Phi) is 6.87. The Hall–Kier alpha value is -3.80. The van der Waals surface area contributed by atoms with E-state index in [2.05, 4.69) is 28.1 Å². The maximum absolute atomic E-state index is 13.2. The van der Waals surface area contributed by atoms with E-state index in [0.29, 0.717) is 29.1 Å². The first-order valence-electron chi connectivity index (χ1n) is 11.6. The molecule has 0 saturated carbocycles. The van der Waals surface area contributed by atoms with Crippen LogP contribution in [0, 0.1) is 0 Å². The highest BCUT2D eigenvalue weighted by Gasteiger charge is 2.39. The summed E-state index contributed by atoms with van der Waals surface area (Å²) in [5.74, 6) is -1.49. The van der Waals surface area contributed by atoms with E-state index in [4.69, 9.17) is 9.47 Å². The molecule has 0 amide bonds. The topological polar surface area (TPSA) is 69.6 Å². The number of aromatic nitrogens is 1. The van der Waals surface area contributed by atoms with Crippen molar-refractivity contribution in [3.63, 3.8) is 0 Å². The molecule has 0 atom stereocenters. The molecule has 1 aliphatic rings. The van der Waals surface area contributed by atoms with Gasteiger partial charge in [-0.05, 0) is 44.9 Å². The number of rotatable bonds is 7. The lowest BCUT2D eigenvalue weighted by Crippen LogP contribution is -2.32. The fraction of sp³-hybridized carbons (Fsp3) is 0.286. The Bertz CT molecular complexity index is 1240. The normalized spacial score (nSPS) is 14.4. The summed E-state index contributed by atoms with van der Waals surface area (Å²) in [7, 11) is 0. The molecule has 2 heterocycles. The van der Waals surface area contributed by atoms with Crippen molar-refractivity contribution >= 4 is 22.8 Å². The van der Waals surface area contributed by atoms with Crippen molar-refractivity contribution in [1.82, 2.24) is 9.88 Å². The molecule has 6 nitrogen and oxygen atoms in total. The van der Waals surface area contributed by atoms with E-state index < -0.39 is 17.9 Å². The summed E-state index contributed by atoms with van der Waals surface area (Å²) in [6, 6.07) is 18.3. The minimum Gasteiger partial charge on any atom is -0.463 e. The highest BCUT2D eigenvalue weighted by atomic mass is 16.5. The minimum absolute atomic E-state index is 0.246. The second-order valence-corrected chi connectivity index (χ2v) is 8.29. The molecule has 0 unspecified atom stereocenters. The molecule has 0 bridgehead atoms. The van der Waals surface area contributed by atoms with Crippen LogP contribution in [0.4, 0.5) is 0 Å². The van der Waals surface area contributed by atoms with Gasteiger partial charge in [-0.1, -0.05) is 48.5 Å². The third-order valence-electron chi connectivity index (χ3n) is 6.08. The zero-order valence-electron chi connectivity index (χ0n) is 20.1. The number of benzene rings is 2. The van der Waals surface area contributed by atoms with E-state index in [-0.39, 0.29) is 13.2 Å². The number of nitrogens with one attached hydrogen (secondary N) is 1. The predicted molar refractivity (Wildman–Crippen MR) is 132 cm³/mol.